The van der Waals surface area contributed by atoms with Crippen LogP contribution in [0.2, 0.25) is 0 Å². The molecule has 13 nitrogen and oxygen atoms in total. The SMILES string of the molecule is C[C@H](N[P@@](=O)(OC[C@@]1(CF)O[C@@H](c2ccc3c(N)ncnn23)[C@H](O)[C@@H]1O)Oc1ccccc1)C(=O)O. The molecule has 2 aromatic heterocycles. The van der Waals surface area contributed by atoms with Crippen molar-refractivity contribution in [2.24, 2.45) is 0 Å². The number of aliphatic hydroxyl groups is 2. The van der Waals surface area contributed by atoms with Gasteiger partial charge in [-0.25, -0.2) is 18.5 Å². The number of aliphatic hydroxyl groups excluding tert-OH is 2. The van der Waals surface area contributed by atoms with Crippen LogP contribution in [0.4, 0.5) is 10.2 Å². The van der Waals surface area contributed by atoms with Crippen molar-refractivity contribution < 1.29 is 42.9 Å². The molecular formula is C21H25FN5O8P. The Hall–Kier alpha value is -3.13. The Labute approximate surface area is 204 Å². The topological polar surface area (TPSA) is 191 Å². The lowest BCUT2D eigenvalue weighted by Crippen LogP contribution is -2.49. The first-order valence-electron chi connectivity index (χ1n) is 10.8. The first-order chi connectivity index (χ1) is 17.1. The van der Waals surface area contributed by atoms with Gasteiger partial charge in [0, 0.05) is 0 Å². The molecule has 1 aliphatic rings. The molecular weight excluding hydrogens is 500 g/mol. The zero-order valence-electron chi connectivity index (χ0n) is 19.0. The van der Waals surface area contributed by atoms with Gasteiger partial charge in [-0.3, -0.25) is 9.32 Å². The predicted molar refractivity (Wildman–Crippen MR) is 123 cm³/mol. The molecule has 1 saturated heterocycles. The standard InChI is InChI=1S/C21H25FN5O8P/c1-12(20(30)31)26-36(32,35-13-5-3-2-4-6-13)33-10-21(9-22)18(29)16(28)17(34-21)14-7-8-15-19(23)24-11-25-27(14)15/h2-8,11-12,16-18,28-29H,9-10H2,1H3,(H,26,32)(H,30,31)(H2,23,24,25)/t12-,16-,17-,18-,21+,36+/m0/s1. The maximum atomic E-state index is 14.4. The average Bonchev–Trinajstić information content (AvgIpc) is 3.39. The highest BCUT2D eigenvalue weighted by molar-refractivity contribution is 7.52. The Bertz CT molecular complexity index is 1280. The third-order valence-corrected chi connectivity index (χ3v) is 7.36. The van der Waals surface area contributed by atoms with E-state index in [-0.39, 0.29) is 17.3 Å². The summed E-state index contributed by atoms with van der Waals surface area (Å²) in [6, 6.07) is 9.50. The number of rotatable bonds is 10. The number of carboxylic acids is 1. The first kappa shape index (κ1) is 25.9. The number of anilines is 1. The summed E-state index contributed by atoms with van der Waals surface area (Å²) in [6.45, 7) is -0.992. The summed E-state index contributed by atoms with van der Waals surface area (Å²) in [6.07, 6.45) is -3.53. The normalized spacial score (nSPS) is 26.5. The second-order valence-electron chi connectivity index (χ2n) is 8.24. The number of nitrogens with one attached hydrogen (secondary N) is 1. The summed E-state index contributed by atoms with van der Waals surface area (Å²) < 4.78 is 45.7. The van der Waals surface area contributed by atoms with Crippen molar-refractivity contribution in [1.82, 2.24) is 19.7 Å². The van der Waals surface area contributed by atoms with Crippen LogP contribution in [0.1, 0.15) is 18.7 Å². The van der Waals surface area contributed by atoms with Gasteiger partial charge in [-0.15, -0.1) is 0 Å². The molecule has 1 aliphatic heterocycles. The van der Waals surface area contributed by atoms with Gasteiger partial charge in [0.2, 0.25) is 0 Å². The van der Waals surface area contributed by atoms with E-state index in [2.05, 4.69) is 15.2 Å². The highest BCUT2D eigenvalue weighted by Gasteiger charge is 2.57. The lowest BCUT2D eigenvalue weighted by molar-refractivity contribution is -0.138. The number of hydrogen-bond donors (Lipinski definition) is 5. The van der Waals surface area contributed by atoms with E-state index in [1.165, 1.54) is 36.0 Å². The third kappa shape index (κ3) is 4.91. The van der Waals surface area contributed by atoms with Crippen LogP contribution in [0.25, 0.3) is 5.52 Å². The van der Waals surface area contributed by atoms with Gasteiger partial charge in [-0.2, -0.15) is 10.2 Å². The summed E-state index contributed by atoms with van der Waals surface area (Å²) in [5.74, 6) is -1.10. The van der Waals surface area contributed by atoms with Crippen molar-refractivity contribution in [3.8, 4) is 5.75 Å². The molecule has 0 bridgehead atoms. The second-order valence-corrected chi connectivity index (χ2v) is 9.93. The van der Waals surface area contributed by atoms with Crippen molar-refractivity contribution in [2.75, 3.05) is 19.0 Å². The fourth-order valence-corrected chi connectivity index (χ4v) is 5.31. The van der Waals surface area contributed by atoms with Crippen LogP contribution in [0.15, 0.2) is 48.8 Å². The van der Waals surface area contributed by atoms with Crippen molar-refractivity contribution in [1.29, 1.82) is 0 Å². The van der Waals surface area contributed by atoms with Crippen molar-refractivity contribution >= 4 is 25.1 Å². The van der Waals surface area contributed by atoms with Crippen LogP contribution in [0.5, 0.6) is 5.75 Å². The average molecular weight is 525 g/mol. The lowest BCUT2D eigenvalue weighted by atomic mass is 9.96. The van der Waals surface area contributed by atoms with Gasteiger partial charge >= 0.3 is 13.7 Å². The van der Waals surface area contributed by atoms with E-state index in [4.69, 9.17) is 19.5 Å². The number of nitrogens with two attached hydrogens (primary N) is 1. The number of carboxylic acid groups (broad SMARTS) is 1. The van der Waals surface area contributed by atoms with Gasteiger partial charge in [-0.05, 0) is 31.2 Å². The summed E-state index contributed by atoms with van der Waals surface area (Å²) in [7, 11) is -4.44. The minimum atomic E-state index is -4.44. The van der Waals surface area contributed by atoms with Crippen LogP contribution >= 0.6 is 7.75 Å². The quantitative estimate of drug-likeness (QED) is 0.237. The molecule has 1 aromatic carbocycles. The fourth-order valence-electron chi connectivity index (χ4n) is 3.76. The van der Waals surface area contributed by atoms with E-state index < -0.39 is 57.0 Å². The lowest BCUT2D eigenvalue weighted by Gasteiger charge is -2.31. The summed E-state index contributed by atoms with van der Waals surface area (Å²) in [4.78, 5) is 15.2. The van der Waals surface area contributed by atoms with E-state index in [1.807, 2.05) is 0 Å². The number of aliphatic carboxylic acids is 1. The number of hydrogen-bond acceptors (Lipinski definition) is 10. The van der Waals surface area contributed by atoms with Crippen LogP contribution in [-0.2, 0) is 18.6 Å². The van der Waals surface area contributed by atoms with Crippen molar-refractivity contribution in [3.05, 3.63) is 54.5 Å². The number of aromatic nitrogens is 3. The fraction of sp³-hybridized carbons (Fsp3) is 0.381. The smallest absolute Gasteiger partial charge is 0.459 e. The molecule has 6 N–H and O–H groups in total. The summed E-state index contributed by atoms with van der Waals surface area (Å²) in [5.41, 5.74) is 4.32. The van der Waals surface area contributed by atoms with E-state index in [9.17, 15) is 29.1 Å². The van der Waals surface area contributed by atoms with E-state index >= 15 is 0 Å². The van der Waals surface area contributed by atoms with Crippen LogP contribution in [-0.4, -0.2) is 73.0 Å². The van der Waals surface area contributed by atoms with E-state index in [0.717, 1.165) is 0 Å². The van der Waals surface area contributed by atoms with Gasteiger partial charge in [-0.1, -0.05) is 18.2 Å². The number of ether oxygens (including phenoxy) is 1. The first-order valence-corrected chi connectivity index (χ1v) is 12.3. The van der Waals surface area contributed by atoms with Gasteiger partial charge in [0.1, 0.15) is 54.2 Å². The number of carbonyl (C=O) groups is 1. The molecule has 0 spiro atoms. The van der Waals surface area contributed by atoms with Crippen LogP contribution in [0, 0.1) is 0 Å². The highest BCUT2D eigenvalue weighted by Crippen LogP contribution is 2.48. The number of nitrogens with zero attached hydrogens (tertiary/aromatic N) is 3. The second kappa shape index (κ2) is 10.1. The maximum Gasteiger partial charge on any atom is 0.459 e. The van der Waals surface area contributed by atoms with Gasteiger partial charge in [0.25, 0.3) is 0 Å². The van der Waals surface area contributed by atoms with Crippen LogP contribution < -0.4 is 15.3 Å². The number of alkyl halides is 1. The molecule has 36 heavy (non-hydrogen) atoms. The monoisotopic (exact) mass is 525 g/mol. The number of para-hydroxylation sites is 1. The minimum Gasteiger partial charge on any atom is -0.480 e. The molecule has 0 radical (unpaired) electrons. The Morgan fingerprint density at radius 3 is 2.72 bits per heavy atom. The molecule has 6 atom stereocenters. The van der Waals surface area contributed by atoms with Gasteiger partial charge in [0.05, 0.1) is 12.3 Å². The summed E-state index contributed by atoms with van der Waals surface area (Å²) in [5, 5.41) is 37.0. The number of benzene rings is 1. The molecule has 1 fully saturated rings. The van der Waals surface area contributed by atoms with E-state index in [1.54, 1.807) is 24.3 Å². The van der Waals surface area contributed by atoms with Gasteiger partial charge < -0.3 is 30.3 Å². The van der Waals surface area contributed by atoms with Gasteiger partial charge in [0.15, 0.2) is 5.82 Å². The van der Waals surface area contributed by atoms with E-state index in [0.29, 0.717) is 5.52 Å². The van der Waals surface area contributed by atoms with Crippen LogP contribution in [0.3, 0.4) is 0 Å². The molecule has 0 unspecified atom stereocenters. The maximum absolute atomic E-state index is 14.4. The number of halogens is 1. The Morgan fingerprint density at radius 1 is 1.33 bits per heavy atom. The largest absolute Gasteiger partial charge is 0.480 e. The van der Waals surface area contributed by atoms with Crippen molar-refractivity contribution in [2.45, 2.75) is 36.9 Å². The molecule has 0 amide bonds. The minimum absolute atomic E-state index is 0.0861. The molecule has 15 heteroatoms. The molecule has 3 heterocycles. The highest BCUT2D eigenvalue weighted by atomic mass is 31.2. The zero-order valence-corrected chi connectivity index (χ0v) is 19.9. The number of nitrogen functional groups attached to an aromatic ring is 1. The molecule has 0 aliphatic carbocycles. The Kier molecular flexibility index (Phi) is 7.27. The number of fused-ring (bicyclic) bond motifs is 1. The molecule has 0 saturated carbocycles. The third-order valence-electron chi connectivity index (χ3n) is 5.73. The summed E-state index contributed by atoms with van der Waals surface area (Å²) >= 11 is 0. The Balaban J connectivity index is 1.60. The molecule has 4 rings (SSSR count). The van der Waals surface area contributed by atoms with Crippen molar-refractivity contribution in [3.63, 3.8) is 0 Å². The molecule has 194 valence electrons. The zero-order chi connectivity index (χ0) is 26.1. The predicted octanol–water partition coefficient (Wildman–Crippen LogP) is 1.08. The molecule has 3 aromatic rings. The Morgan fingerprint density at radius 2 is 2.06 bits per heavy atom.